The number of hydrogen-bond donors (Lipinski definition) is 2. The second-order valence-electron chi connectivity index (χ2n) is 4.96. The summed E-state index contributed by atoms with van der Waals surface area (Å²) in [6.45, 7) is 2.05. The number of benzene rings is 3. The average Bonchev–Trinajstić information content (AvgIpc) is 2.49. The minimum absolute atomic E-state index is 0.0435. The van der Waals surface area contributed by atoms with E-state index in [0.29, 0.717) is 5.75 Å². The maximum Gasteiger partial charge on any atom is 0.128 e. The summed E-state index contributed by atoms with van der Waals surface area (Å²) in [5.41, 5.74) is 1.96. The maximum absolute atomic E-state index is 10.5. The van der Waals surface area contributed by atoms with E-state index in [1.807, 2.05) is 66.7 Å². The Hall–Kier alpha value is -2.48. The topological polar surface area (TPSA) is 32.3 Å². The van der Waals surface area contributed by atoms with Crippen molar-refractivity contribution in [1.82, 2.24) is 0 Å². The Balaban J connectivity index is 1.95. The third kappa shape index (κ3) is 2.32. The first kappa shape index (κ1) is 12.5. The van der Waals surface area contributed by atoms with Crippen LogP contribution in [0.4, 0.5) is 5.69 Å². The van der Waals surface area contributed by atoms with Gasteiger partial charge in [0.05, 0.1) is 6.04 Å². The van der Waals surface area contributed by atoms with Gasteiger partial charge in [-0.25, -0.2) is 0 Å². The SMILES string of the molecule is CC(Nc1ccccc1)c1ccc2ccccc2c1O. The van der Waals surface area contributed by atoms with E-state index in [2.05, 4.69) is 12.2 Å². The fourth-order valence-corrected chi connectivity index (χ4v) is 2.48. The molecule has 2 N–H and O–H groups in total. The molecule has 1 atom stereocenters. The van der Waals surface area contributed by atoms with Gasteiger partial charge in [-0.15, -0.1) is 0 Å². The highest BCUT2D eigenvalue weighted by molar-refractivity contribution is 5.89. The summed E-state index contributed by atoms with van der Waals surface area (Å²) in [5.74, 6) is 0.360. The molecule has 2 nitrogen and oxygen atoms in total. The highest BCUT2D eigenvalue weighted by Crippen LogP contribution is 2.33. The fraction of sp³-hybridized carbons (Fsp3) is 0.111. The van der Waals surface area contributed by atoms with Gasteiger partial charge < -0.3 is 10.4 Å². The number of fused-ring (bicyclic) bond motifs is 1. The van der Waals surface area contributed by atoms with Crippen molar-refractivity contribution in [1.29, 1.82) is 0 Å². The summed E-state index contributed by atoms with van der Waals surface area (Å²) in [6.07, 6.45) is 0. The van der Waals surface area contributed by atoms with Crippen molar-refractivity contribution in [2.24, 2.45) is 0 Å². The number of phenols is 1. The lowest BCUT2D eigenvalue weighted by Crippen LogP contribution is -2.06. The van der Waals surface area contributed by atoms with Gasteiger partial charge >= 0.3 is 0 Å². The minimum Gasteiger partial charge on any atom is -0.507 e. The molecule has 3 aromatic rings. The Bertz CT molecular complexity index is 722. The summed E-state index contributed by atoms with van der Waals surface area (Å²) >= 11 is 0. The highest BCUT2D eigenvalue weighted by atomic mass is 16.3. The fourth-order valence-electron chi connectivity index (χ4n) is 2.48. The van der Waals surface area contributed by atoms with Gasteiger partial charge in [0, 0.05) is 16.6 Å². The lowest BCUT2D eigenvalue weighted by molar-refractivity contribution is 0.472. The van der Waals surface area contributed by atoms with E-state index in [4.69, 9.17) is 0 Å². The molecule has 0 aliphatic rings. The zero-order valence-corrected chi connectivity index (χ0v) is 11.4. The molecule has 0 aliphatic heterocycles. The van der Waals surface area contributed by atoms with E-state index in [9.17, 15) is 5.11 Å². The number of phenolic OH excluding ortho intramolecular Hbond substituents is 1. The molecule has 0 saturated carbocycles. The predicted molar refractivity (Wildman–Crippen MR) is 84.1 cm³/mol. The molecule has 20 heavy (non-hydrogen) atoms. The number of anilines is 1. The second-order valence-corrected chi connectivity index (χ2v) is 4.96. The van der Waals surface area contributed by atoms with Crippen molar-refractivity contribution in [2.75, 3.05) is 5.32 Å². The number of aromatic hydroxyl groups is 1. The summed E-state index contributed by atoms with van der Waals surface area (Å²) < 4.78 is 0. The third-order valence-electron chi connectivity index (χ3n) is 3.56. The van der Waals surface area contributed by atoms with Crippen molar-refractivity contribution in [3.8, 4) is 5.75 Å². The number of para-hydroxylation sites is 1. The summed E-state index contributed by atoms with van der Waals surface area (Å²) in [5, 5.41) is 15.8. The van der Waals surface area contributed by atoms with Gasteiger partial charge in [-0.3, -0.25) is 0 Å². The van der Waals surface area contributed by atoms with E-state index in [-0.39, 0.29) is 6.04 Å². The van der Waals surface area contributed by atoms with Crippen molar-refractivity contribution >= 4 is 16.5 Å². The molecule has 0 bridgehead atoms. The molecular weight excluding hydrogens is 246 g/mol. The molecule has 0 aliphatic carbocycles. The van der Waals surface area contributed by atoms with Crippen LogP contribution in [0.25, 0.3) is 10.8 Å². The lowest BCUT2D eigenvalue weighted by atomic mass is 10.0. The first-order valence-corrected chi connectivity index (χ1v) is 6.78. The van der Waals surface area contributed by atoms with Gasteiger partial charge in [-0.2, -0.15) is 0 Å². The molecule has 0 aromatic heterocycles. The first-order valence-electron chi connectivity index (χ1n) is 6.78. The van der Waals surface area contributed by atoms with Crippen LogP contribution in [-0.2, 0) is 0 Å². The molecule has 0 amide bonds. The lowest BCUT2D eigenvalue weighted by Gasteiger charge is -2.18. The highest BCUT2D eigenvalue weighted by Gasteiger charge is 2.12. The summed E-state index contributed by atoms with van der Waals surface area (Å²) in [6, 6.07) is 22.0. The Labute approximate surface area is 118 Å². The Morgan fingerprint density at radius 1 is 0.850 bits per heavy atom. The number of rotatable bonds is 3. The minimum atomic E-state index is 0.0435. The largest absolute Gasteiger partial charge is 0.507 e. The molecular formula is C18H17NO. The van der Waals surface area contributed by atoms with Crippen LogP contribution in [0, 0.1) is 0 Å². The molecule has 0 radical (unpaired) electrons. The van der Waals surface area contributed by atoms with Crippen LogP contribution < -0.4 is 5.32 Å². The van der Waals surface area contributed by atoms with Crippen LogP contribution >= 0.6 is 0 Å². The van der Waals surface area contributed by atoms with Crippen LogP contribution in [0.3, 0.4) is 0 Å². The predicted octanol–water partition coefficient (Wildman–Crippen LogP) is 4.72. The van der Waals surface area contributed by atoms with Gasteiger partial charge in [0.2, 0.25) is 0 Å². The van der Waals surface area contributed by atoms with Gasteiger partial charge in [-0.1, -0.05) is 54.6 Å². The summed E-state index contributed by atoms with van der Waals surface area (Å²) in [7, 11) is 0. The number of hydrogen-bond acceptors (Lipinski definition) is 2. The molecule has 0 saturated heterocycles. The Morgan fingerprint density at radius 2 is 1.55 bits per heavy atom. The second kappa shape index (κ2) is 5.25. The van der Waals surface area contributed by atoms with Crippen molar-refractivity contribution in [3.63, 3.8) is 0 Å². The number of nitrogens with one attached hydrogen (secondary N) is 1. The zero-order chi connectivity index (χ0) is 13.9. The van der Waals surface area contributed by atoms with Crippen molar-refractivity contribution < 1.29 is 5.11 Å². The van der Waals surface area contributed by atoms with E-state index in [1.165, 1.54) is 0 Å². The molecule has 2 heteroatoms. The first-order chi connectivity index (χ1) is 9.75. The van der Waals surface area contributed by atoms with Crippen LogP contribution in [0.15, 0.2) is 66.7 Å². The normalized spacial score (nSPS) is 12.2. The molecule has 3 aromatic carbocycles. The van der Waals surface area contributed by atoms with E-state index in [1.54, 1.807) is 0 Å². The molecule has 3 rings (SSSR count). The van der Waals surface area contributed by atoms with Crippen LogP contribution in [0.1, 0.15) is 18.5 Å². The molecule has 1 unspecified atom stereocenters. The maximum atomic E-state index is 10.5. The third-order valence-corrected chi connectivity index (χ3v) is 3.56. The molecule has 0 fully saturated rings. The molecule has 100 valence electrons. The quantitative estimate of drug-likeness (QED) is 0.716. The van der Waals surface area contributed by atoms with Gasteiger partial charge in [0.15, 0.2) is 0 Å². The van der Waals surface area contributed by atoms with Gasteiger partial charge in [-0.05, 0) is 24.4 Å². The van der Waals surface area contributed by atoms with Crippen LogP contribution in [0.2, 0.25) is 0 Å². The molecule has 0 spiro atoms. The monoisotopic (exact) mass is 263 g/mol. The molecule has 0 heterocycles. The van der Waals surface area contributed by atoms with Gasteiger partial charge in [0.1, 0.15) is 5.75 Å². The summed E-state index contributed by atoms with van der Waals surface area (Å²) in [4.78, 5) is 0. The average molecular weight is 263 g/mol. The van der Waals surface area contributed by atoms with Crippen molar-refractivity contribution in [3.05, 3.63) is 72.3 Å². The Morgan fingerprint density at radius 3 is 2.35 bits per heavy atom. The van der Waals surface area contributed by atoms with Gasteiger partial charge in [0.25, 0.3) is 0 Å². The zero-order valence-electron chi connectivity index (χ0n) is 11.4. The van der Waals surface area contributed by atoms with E-state index >= 15 is 0 Å². The standard InChI is InChI=1S/C18H17NO/c1-13(19-15-8-3-2-4-9-15)16-12-11-14-7-5-6-10-17(14)18(16)20/h2-13,19-20H,1H3. The van der Waals surface area contributed by atoms with Crippen LogP contribution in [-0.4, -0.2) is 5.11 Å². The van der Waals surface area contributed by atoms with Crippen molar-refractivity contribution in [2.45, 2.75) is 13.0 Å². The Kier molecular flexibility index (Phi) is 3.30. The van der Waals surface area contributed by atoms with E-state index in [0.717, 1.165) is 22.0 Å². The van der Waals surface area contributed by atoms with E-state index < -0.39 is 0 Å². The smallest absolute Gasteiger partial charge is 0.128 e. The van der Waals surface area contributed by atoms with Crippen LogP contribution in [0.5, 0.6) is 5.75 Å².